The van der Waals surface area contributed by atoms with Gasteiger partial charge in [0.2, 0.25) is 5.69 Å². The van der Waals surface area contributed by atoms with E-state index in [1.54, 1.807) is 25.2 Å². The number of aliphatic carboxylic acids is 3. The summed E-state index contributed by atoms with van der Waals surface area (Å²) < 4.78 is 129. The van der Waals surface area contributed by atoms with Gasteiger partial charge in [0, 0.05) is 66.6 Å². The summed E-state index contributed by atoms with van der Waals surface area (Å²) in [5, 5.41) is 27.5. The molecule has 0 radical (unpaired) electrons. The van der Waals surface area contributed by atoms with Crippen LogP contribution in [0.15, 0.2) is 77.4 Å². The monoisotopic (exact) mass is 1120 g/mol. The zero-order chi connectivity index (χ0) is 55.0. The first-order chi connectivity index (χ1) is 34.7. The number of carbonyl (C=O) groups excluding carboxylic acids is 1. The van der Waals surface area contributed by atoms with Crippen LogP contribution in [-0.4, -0.2) is 134 Å². The Bertz CT molecular complexity index is 2790. The topological polar surface area (TPSA) is 324 Å². The Kier molecular flexibility index (Phi) is 22.7. The Morgan fingerprint density at radius 1 is 0.716 bits per heavy atom. The smallest absolute Gasteiger partial charge is 0.330 e. The molecule has 4 rings (SSSR count). The van der Waals surface area contributed by atoms with E-state index < -0.39 is 81.1 Å². The molecule has 2 aliphatic rings. The van der Waals surface area contributed by atoms with Gasteiger partial charge in [0.05, 0.1) is 55.7 Å². The van der Waals surface area contributed by atoms with Crippen LogP contribution in [0.1, 0.15) is 102 Å². The molecular formula is C48H67N2O20P2S2+. The van der Waals surface area contributed by atoms with E-state index in [1.165, 1.54) is 17.0 Å². The van der Waals surface area contributed by atoms with Crippen LogP contribution in [0.25, 0.3) is 0 Å². The minimum atomic E-state index is -4.83. The standard InChI is InChI=1S/C48H66N2O20P2S2/c1-5-24-49-40-20-18-36(2)32-38(40)47(3,22-30-72(59,69-28-11-17-46(56)57)70-29-12-25-66-35-51)42(49)13-7-6-8-14-43-48(4,23-31-71(58,67-26-9-15-44(52)53)68-27-10-16-45(54)55)39-33-37(74(63,64)65)19-21-41(39)50(43)34-73(60,61)62/h6-8,13-14,18-21,32-33,35H,5,9-12,15-17,22-31,34H2,1-4H3,(H4-,52,53,54,55,56,57,60,61,62,63,64,65)/p+1. The second kappa shape index (κ2) is 27.3. The molecule has 410 valence electrons. The van der Waals surface area contributed by atoms with Gasteiger partial charge in [-0.3, -0.25) is 37.4 Å². The lowest BCUT2D eigenvalue weighted by Crippen LogP contribution is -2.33. The van der Waals surface area contributed by atoms with Gasteiger partial charge in [0.15, 0.2) is 11.6 Å². The van der Waals surface area contributed by atoms with E-state index >= 15 is 0 Å². The number of ether oxygens (including phenoxy) is 1. The van der Waals surface area contributed by atoms with Gasteiger partial charge in [0.25, 0.3) is 26.7 Å². The summed E-state index contributed by atoms with van der Waals surface area (Å²) in [7, 11) is -17.7. The fourth-order valence-electron chi connectivity index (χ4n) is 8.74. The second-order valence-electron chi connectivity index (χ2n) is 18.1. The number of anilines is 1. The molecule has 0 spiro atoms. The number of benzene rings is 2. The maximum atomic E-state index is 14.4. The van der Waals surface area contributed by atoms with Gasteiger partial charge in [-0.05, 0) is 88.8 Å². The van der Waals surface area contributed by atoms with Crippen LogP contribution in [0, 0.1) is 6.92 Å². The van der Waals surface area contributed by atoms with Crippen molar-refractivity contribution in [2.24, 2.45) is 0 Å². The zero-order valence-electron chi connectivity index (χ0n) is 41.8. The maximum absolute atomic E-state index is 14.4. The molecule has 26 heteroatoms. The van der Waals surface area contributed by atoms with E-state index in [1.807, 2.05) is 45.0 Å². The molecule has 2 aliphatic heterocycles. The summed E-state index contributed by atoms with van der Waals surface area (Å²) in [4.78, 5) is 45.0. The first-order valence-corrected chi connectivity index (χ1v) is 30.3. The molecule has 0 saturated heterocycles. The van der Waals surface area contributed by atoms with Gasteiger partial charge in [-0.25, -0.2) is 0 Å². The molecule has 0 fully saturated rings. The third-order valence-corrected chi connectivity index (χ3v) is 17.7. The number of hydrogen-bond donors (Lipinski definition) is 5. The average Bonchev–Trinajstić information content (AvgIpc) is 3.67. The second-order valence-corrected chi connectivity index (χ2v) is 25.3. The molecule has 74 heavy (non-hydrogen) atoms. The van der Waals surface area contributed by atoms with Crippen LogP contribution >= 0.6 is 15.2 Å². The summed E-state index contributed by atoms with van der Waals surface area (Å²) in [6.07, 6.45) is 7.91. The third-order valence-electron chi connectivity index (χ3n) is 12.4. The number of hydrogen-bond acceptors (Lipinski definition) is 16. The Balaban J connectivity index is 1.81. The van der Waals surface area contributed by atoms with Gasteiger partial charge in [-0.1, -0.05) is 36.8 Å². The number of carboxylic acids is 3. The van der Waals surface area contributed by atoms with Crippen molar-refractivity contribution >= 4 is 76.9 Å². The summed E-state index contributed by atoms with van der Waals surface area (Å²) in [5.41, 5.74) is 1.77. The van der Waals surface area contributed by atoms with Gasteiger partial charge >= 0.3 is 33.1 Å². The van der Waals surface area contributed by atoms with Crippen molar-refractivity contribution in [3.8, 4) is 0 Å². The third kappa shape index (κ3) is 17.6. The van der Waals surface area contributed by atoms with E-state index in [4.69, 9.17) is 33.0 Å². The lowest BCUT2D eigenvalue weighted by molar-refractivity contribution is -0.437. The maximum Gasteiger partial charge on any atom is 0.330 e. The number of aryl methyl sites for hydroxylation is 1. The van der Waals surface area contributed by atoms with Gasteiger partial charge in [-0.15, -0.1) is 0 Å². The molecule has 22 nitrogen and oxygen atoms in total. The highest BCUT2D eigenvalue weighted by atomic mass is 32.2. The minimum Gasteiger partial charge on any atom is -0.481 e. The molecule has 2 heterocycles. The Morgan fingerprint density at radius 3 is 1.76 bits per heavy atom. The highest BCUT2D eigenvalue weighted by Gasteiger charge is 2.49. The van der Waals surface area contributed by atoms with E-state index in [0.717, 1.165) is 41.1 Å². The van der Waals surface area contributed by atoms with Crippen molar-refractivity contribution in [2.45, 2.75) is 108 Å². The summed E-state index contributed by atoms with van der Waals surface area (Å²) in [6.45, 7) is 7.61. The molecular weight excluding hydrogens is 1050 g/mol. The lowest BCUT2D eigenvalue weighted by atomic mass is 9.76. The summed E-state index contributed by atoms with van der Waals surface area (Å²) in [5.74, 6) is -4.33. The number of carbonyl (C=O) groups is 4. The fourth-order valence-corrected chi connectivity index (χ4v) is 13.6. The largest absolute Gasteiger partial charge is 0.481 e. The molecule has 3 atom stereocenters. The molecule has 2 aromatic carbocycles. The highest BCUT2D eigenvalue weighted by molar-refractivity contribution is 7.86. The number of rotatable bonds is 35. The lowest BCUT2D eigenvalue weighted by Gasteiger charge is -2.31. The van der Waals surface area contributed by atoms with E-state index in [9.17, 15) is 59.4 Å². The number of nitrogens with zero attached hydrogens (tertiary/aromatic N) is 2. The van der Waals surface area contributed by atoms with E-state index in [-0.39, 0.29) is 120 Å². The summed E-state index contributed by atoms with van der Waals surface area (Å²) in [6, 6.07) is 9.46. The molecule has 0 saturated carbocycles. The first-order valence-electron chi connectivity index (χ1n) is 23.8. The predicted molar refractivity (Wildman–Crippen MR) is 273 cm³/mol. The Hall–Kier alpha value is -4.87. The summed E-state index contributed by atoms with van der Waals surface area (Å²) >= 11 is 0. The number of fused-ring (bicyclic) bond motifs is 2. The number of allylic oxidation sites excluding steroid dienone is 6. The molecule has 0 amide bonds. The molecule has 2 aromatic rings. The highest BCUT2D eigenvalue weighted by Crippen LogP contribution is 2.57. The molecule has 0 aliphatic carbocycles. The molecule has 3 unspecified atom stereocenters. The Morgan fingerprint density at radius 2 is 1.26 bits per heavy atom. The fraction of sp³-hybridized carbons (Fsp3) is 0.521. The van der Waals surface area contributed by atoms with Crippen LogP contribution in [0.4, 0.5) is 11.4 Å². The van der Waals surface area contributed by atoms with Crippen molar-refractivity contribution in [1.29, 1.82) is 0 Å². The van der Waals surface area contributed by atoms with Crippen LogP contribution in [0.2, 0.25) is 0 Å². The van der Waals surface area contributed by atoms with E-state index in [2.05, 4.69) is 4.58 Å². The van der Waals surface area contributed by atoms with Crippen LogP contribution in [0.3, 0.4) is 0 Å². The van der Waals surface area contributed by atoms with Crippen LogP contribution in [-0.2, 0) is 82.2 Å². The van der Waals surface area contributed by atoms with Gasteiger partial charge < -0.3 is 43.1 Å². The van der Waals surface area contributed by atoms with Crippen LogP contribution < -0.4 is 4.90 Å². The molecule has 0 aromatic heterocycles. The first kappa shape index (κ1) is 61.7. The van der Waals surface area contributed by atoms with Crippen molar-refractivity contribution in [3.05, 3.63) is 89.2 Å². The predicted octanol–water partition coefficient (Wildman–Crippen LogP) is 8.02. The van der Waals surface area contributed by atoms with Gasteiger partial charge in [-0.2, -0.15) is 21.4 Å². The van der Waals surface area contributed by atoms with Crippen molar-refractivity contribution < 1.29 is 97.0 Å². The van der Waals surface area contributed by atoms with Crippen molar-refractivity contribution in [3.63, 3.8) is 0 Å². The SMILES string of the molecule is CCC[N+]1=C(C=CC=CC=C2N(CS(=O)(=O)O)c3ccc(S(=O)(=O)O)cc3C2(C)CCP(=O)(OCCCC(=O)O)OCCCC(=O)O)C(C)(CCP(=O)(OCCCOC=O)OCCCC(=O)O)c2cc(C)ccc21. The van der Waals surface area contributed by atoms with Crippen molar-refractivity contribution in [1.82, 2.24) is 0 Å². The van der Waals surface area contributed by atoms with Crippen LogP contribution in [0.5, 0.6) is 0 Å². The average molecular weight is 1120 g/mol. The molecule has 5 N–H and O–H groups in total. The number of carboxylic acid groups (broad SMARTS) is 3. The normalized spacial score (nSPS) is 19.3. The van der Waals surface area contributed by atoms with Crippen molar-refractivity contribution in [2.75, 3.05) is 62.7 Å². The molecule has 0 bridgehead atoms. The Labute approximate surface area is 431 Å². The van der Waals surface area contributed by atoms with Gasteiger partial charge in [0.1, 0.15) is 6.54 Å². The quantitative estimate of drug-likeness (QED) is 0.0109. The minimum absolute atomic E-state index is 0.0205. The zero-order valence-corrected chi connectivity index (χ0v) is 45.3. The van der Waals surface area contributed by atoms with E-state index in [0.29, 0.717) is 6.54 Å².